The van der Waals surface area contributed by atoms with E-state index >= 15 is 0 Å². The monoisotopic (exact) mass is 366 g/mol. The molecular formula is C20H22N4O3. The number of carbonyl (C=O) groups excluding carboxylic acids is 1. The summed E-state index contributed by atoms with van der Waals surface area (Å²) in [6.45, 7) is 5.74. The number of rotatable bonds is 6. The van der Waals surface area contributed by atoms with E-state index in [0.717, 1.165) is 23.2 Å². The van der Waals surface area contributed by atoms with Crippen molar-refractivity contribution < 1.29 is 9.32 Å². The van der Waals surface area contributed by atoms with Gasteiger partial charge in [0.05, 0.1) is 0 Å². The van der Waals surface area contributed by atoms with E-state index in [1.165, 1.54) is 10.6 Å². The van der Waals surface area contributed by atoms with Gasteiger partial charge in [0.15, 0.2) is 5.82 Å². The Hall–Kier alpha value is -3.22. The molecule has 27 heavy (non-hydrogen) atoms. The lowest BCUT2D eigenvalue weighted by molar-refractivity contribution is -0.116. The molecule has 2 aromatic heterocycles. The lowest BCUT2D eigenvalue weighted by Crippen LogP contribution is -2.28. The predicted octanol–water partition coefficient (Wildman–Crippen LogP) is 2.97. The van der Waals surface area contributed by atoms with E-state index in [1.807, 2.05) is 39.0 Å². The smallest absolute Gasteiger partial charge is 0.274 e. The number of benzene rings is 1. The first kappa shape index (κ1) is 18.6. The Morgan fingerprint density at radius 3 is 2.63 bits per heavy atom. The number of nitrogens with zero attached hydrogens (tertiary/aromatic N) is 3. The summed E-state index contributed by atoms with van der Waals surface area (Å²) in [5.41, 5.74) is 2.94. The van der Waals surface area contributed by atoms with Gasteiger partial charge in [-0.3, -0.25) is 14.2 Å². The summed E-state index contributed by atoms with van der Waals surface area (Å²) in [5.74, 6) is 0.482. The second kappa shape index (κ2) is 7.99. The number of nitrogens with one attached hydrogen (secondary N) is 1. The first-order chi connectivity index (χ1) is 13.0. The maximum absolute atomic E-state index is 12.7. The molecule has 0 spiro atoms. The molecule has 7 nitrogen and oxygen atoms in total. The van der Waals surface area contributed by atoms with Crippen molar-refractivity contribution in [2.24, 2.45) is 0 Å². The van der Waals surface area contributed by atoms with Gasteiger partial charge in [-0.25, -0.2) is 0 Å². The van der Waals surface area contributed by atoms with Gasteiger partial charge in [-0.05, 0) is 30.5 Å². The largest absolute Gasteiger partial charge is 0.332 e. The van der Waals surface area contributed by atoms with Crippen LogP contribution in [0.3, 0.4) is 0 Å². The number of hydrogen-bond donors (Lipinski definition) is 1. The molecule has 1 N–H and O–H groups in total. The van der Waals surface area contributed by atoms with Crippen molar-refractivity contribution in [3.05, 3.63) is 63.7 Å². The molecule has 0 radical (unpaired) electrons. The number of pyridine rings is 1. The fourth-order valence-electron chi connectivity index (χ4n) is 2.90. The third-order valence-electron chi connectivity index (χ3n) is 4.36. The Kier molecular flexibility index (Phi) is 5.49. The Bertz CT molecular complexity index is 1020. The Labute approximate surface area is 157 Å². The highest BCUT2D eigenvalue weighted by Crippen LogP contribution is 2.21. The highest BCUT2D eigenvalue weighted by atomic mass is 16.5. The molecule has 0 saturated heterocycles. The summed E-state index contributed by atoms with van der Waals surface area (Å²) >= 11 is 0. The van der Waals surface area contributed by atoms with Crippen molar-refractivity contribution in [3.8, 4) is 11.6 Å². The van der Waals surface area contributed by atoms with E-state index in [4.69, 9.17) is 4.52 Å². The van der Waals surface area contributed by atoms with Gasteiger partial charge in [0.2, 0.25) is 5.91 Å². The minimum absolute atomic E-state index is 0.143. The second-order valence-electron chi connectivity index (χ2n) is 6.22. The van der Waals surface area contributed by atoms with Crippen LogP contribution in [0.1, 0.15) is 30.8 Å². The van der Waals surface area contributed by atoms with Crippen LogP contribution in [0.15, 0.2) is 45.7 Å². The molecule has 7 heteroatoms. The van der Waals surface area contributed by atoms with Crippen molar-refractivity contribution in [3.63, 3.8) is 0 Å². The number of hydrogen-bond acceptors (Lipinski definition) is 5. The summed E-state index contributed by atoms with van der Waals surface area (Å²) in [4.78, 5) is 29.3. The maximum Gasteiger partial charge on any atom is 0.274 e. The van der Waals surface area contributed by atoms with Gasteiger partial charge in [-0.1, -0.05) is 43.3 Å². The Morgan fingerprint density at radius 1 is 1.15 bits per heavy atom. The van der Waals surface area contributed by atoms with Crippen molar-refractivity contribution >= 4 is 11.6 Å². The highest BCUT2D eigenvalue weighted by molar-refractivity contribution is 5.92. The maximum atomic E-state index is 12.7. The predicted molar refractivity (Wildman–Crippen MR) is 103 cm³/mol. The zero-order valence-corrected chi connectivity index (χ0v) is 15.7. The number of amides is 1. The molecule has 3 aromatic rings. The summed E-state index contributed by atoms with van der Waals surface area (Å²) < 4.78 is 6.58. The van der Waals surface area contributed by atoms with E-state index in [9.17, 15) is 9.59 Å². The van der Waals surface area contributed by atoms with Crippen LogP contribution in [0.4, 0.5) is 5.69 Å². The molecule has 0 aliphatic rings. The van der Waals surface area contributed by atoms with Crippen molar-refractivity contribution in [1.82, 2.24) is 14.7 Å². The van der Waals surface area contributed by atoms with E-state index < -0.39 is 0 Å². The molecule has 0 aliphatic carbocycles. The van der Waals surface area contributed by atoms with E-state index in [-0.39, 0.29) is 23.9 Å². The number of para-hydroxylation sites is 1. The van der Waals surface area contributed by atoms with Crippen LogP contribution in [0.5, 0.6) is 0 Å². The fraction of sp³-hybridized carbons (Fsp3) is 0.300. The number of aromatic nitrogens is 3. The van der Waals surface area contributed by atoms with Gasteiger partial charge in [0, 0.05) is 18.2 Å². The van der Waals surface area contributed by atoms with E-state index in [0.29, 0.717) is 17.9 Å². The minimum Gasteiger partial charge on any atom is -0.332 e. The van der Waals surface area contributed by atoms with Crippen LogP contribution in [0.2, 0.25) is 0 Å². The van der Waals surface area contributed by atoms with Gasteiger partial charge >= 0.3 is 0 Å². The third kappa shape index (κ3) is 3.97. The first-order valence-corrected chi connectivity index (χ1v) is 8.94. The van der Waals surface area contributed by atoms with Crippen LogP contribution in [-0.2, 0) is 24.2 Å². The van der Waals surface area contributed by atoms with Gasteiger partial charge in [0.25, 0.3) is 11.4 Å². The van der Waals surface area contributed by atoms with Crippen molar-refractivity contribution in [1.29, 1.82) is 0 Å². The average molecular weight is 366 g/mol. The minimum atomic E-state index is -0.306. The standard InChI is InChI=1S/C20H22N4O3/c1-4-14-9-6-8-13(3)19(14)22-17(25)12-24-15(10-7-11-18(24)26)20-21-16(5-2)23-27-20/h6-11H,4-5,12H2,1-3H3,(H,22,25). The van der Waals surface area contributed by atoms with Crippen molar-refractivity contribution in [2.75, 3.05) is 5.32 Å². The molecule has 0 fully saturated rings. The molecule has 0 unspecified atom stereocenters. The average Bonchev–Trinajstić information content (AvgIpc) is 3.14. The summed E-state index contributed by atoms with van der Waals surface area (Å²) in [6, 6.07) is 10.6. The topological polar surface area (TPSA) is 90.0 Å². The molecule has 0 saturated carbocycles. The SMILES string of the molecule is CCc1noc(-c2cccc(=O)n2CC(=O)Nc2c(C)cccc2CC)n1. The van der Waals surface area contributed by atoms with E-state index in [1.54, 1.807) is 12.1 Å². The lowest BCUT2D eigenvalue weighted by atomic mass is 10.1. The number of carbonyl (C=O) groups is 1. The van der Waals surface area contributed by atoms with Crippen LogP contribution in [0, 0.1) is 6.92 Å². The highest BCUT2D eigenvalue weighted by Gasteiger charge is 2.16. The van der Waals surface area contributed by atoms with Crippen molar-refractivity contribution in [2.45, 2.75) is 40.2 Å². The molecule has 0 atom stereocenters. The normalized spacial score (nSPS) is 10.8. The van der Waals surface area contributed by atoms with Crippen LogP contribution in [0.25, 0.3) is 11.6 Å². The van der Waals surface area contributed by atoms with Crippen LogP contribution >= 0.6 is 0 Å². The van der Waals surface area contributed by atoms with Gasteiger partial charge in [-0.15, -0.1) is 0 Å². The molecule has 2 heterocycles. The lowest BCUT2D eigenvalue weighted by Gasteiger charge is -2.14. The molecule has 1 amide bonds. The zero-order valence-electron chi connectivity index (χ0n) is 15.7. The van der Waals surface area contributed by atoms with Gasteiger partial charge in [0.1, 0.15) is 12.2 Å². The third-order valence-corrected chi connectivity index (χ3v) is 4.36. The zero-order chi connectivity index (χ0) is 19.4. The molecular weight excluding hydrogens is 344 g/mol. The quantitative estimate of drug-likeness (QED) is 0.724. The number of aryl methyl sites for hydroxylation is 3. The summed E-state index contributed by atoms with van der Waals surface area (Å²) in [7, 11) is 0. The second-order valence-corrected chi connectivity index (χ2v) is 6.22. The van der Waals surface area contributed by atoms with Gasteiger partial charge in [-0.2, -0.15) is 4.98 Å². The summed E-state index contributed by atoms with van der Waals surface area (Å²) in [5, 5.41) is 6.80. The Balaban J connectivity index is 1.90. The molecule has 3 rings (SSSR count). The van der Waals surface area contributed by atoms with Gasteiger partial charge < -0.3 is 9.84 Å². The molecule has 0 aliphatic heterocycles. The first-order valence-electron chi connectivity index (χ1n) is 8.94. The number of anilines is 1. The molecule has 1 aromatic carbocycles. The van der Waals surface area contributed by atoms with Crippen LogP contribution < -0.4 is 10.9 Å². The summed E-state index contributed by atoms with van der Waals surface area (Å²) in [6.07, 6.45) is 1.42. The van der Waals surface area contributed by atoms with E-state index in [2.05, 4.69) is 15.5 Å². The molecule has 140 valence electrons. The fourth-order valence-corrected chi connectivity index (χ4v) is 2.90. The Morgan fingerprint density at radius 2 is 1.93 bits per heavy atom. The molecule has 0 bridgehead atoms. The van der Waals surface area contributed by atoms with Crippen LogP contribution in [-0.4, -0.2) is 20.6 Å².